The molecule has 3 rings (SSSR count). The minimum Gasteiger partial charge on any atom is -0.452 e. The highest BCUT2D eigenvalue weighted by atomic mass is 35.5. The number of anilines is 1. The Morgan fingerprint density at radius 2 is 1.85 bits per heavy atom. The van der Waals surface area contributed by atoms with E-state index in [9.17, 15) is 23.2 Å². The second-order valence-electron chi connectivity index (χ2n) is 6.94. The van der Waals surface area contributed by atoms with Crippen LogP contribution >= 0.6 is 11.6 Å². The SMILES string of the molecule is Cc1onc(-c2c(F)cccc2Cl)c1C(=O)OCC(=O)N(C)CC(=O)Nc1ccc(F)cc1. The van der Waals surface area contributed by atoms with Gasteiger partial charge in [-0.05, 0) is 43.3 Å². The Balaban J connectivity index is 1.62. The molecule has 0 radical (unpaired) electrons. The molecule has 1 heterocycles. The lowest BCUT2D eigenvalue weighted by atomic mass is 10.1. The van der Waals surface area contributed by atoms with E-state index in [1.807, 2.05) is 0 Å². The molecule has 0 saturated carbocycles. The Kier molecular flexibility index (Phi) is 7.39. The van der Waals surface area contributed by atoms with Crippen molar-refractivity contribution in [3.63, 3.8) is 0 Å². The van der Waals surface area contributed by atoms with Gasteiger partial charge in [0, 0.05) is 12.7 Å². The summed E-state index contributed by atoms with van der Waals surface area (Å²) in [5.41, 5.74) is -0.105. The van der Waals surface area contributed by atoms with E-state index in [0.717, 1.165) is 11.0 Å². The van der Waals surface area contributed by atoms with Gasteiger partial charge in [0.2, 0.25) is 5.91 Å². The van der Waals surface area contributed by atoms with E-state index in [4.69, 9.17) is 20.9 Å². The minimum atomic E-state index is -0.972. The van der Waals surface area contributed by atoms with Gasteiger partial charge < -0.3 is 19.5 Å². The molecular weight excluding hydrogens is 460 g/mol. The predicted molar refractivity (Wildman–Crippen MR) is 115 cm³/mol. The summed E-state index contributed by atoms with van der Waals surface area (Å²) >= 11 is 6.04. The van der Waals surface area contributed by atoms with Crippen LogP contribution in [0.5, 0.6) is 0 Å². The number of aryl methyl sites for hydroxylation is 1. The number of nitrogens with zero attached hydrogens (tertiary/aromatic N) is 2. The van der Waals surface area contributed by atoms with Crippen LogP contribution in [-0.2, 0) is 14.3 Å². The van der Waals surface area contributed by atoms with Gasteiger partial charge >= 0.3 is 5.97 Å². The van der Waals surface area contributed by atoms with Gasteiger partial charge in [-0.2, -0.15) is 0 Å². The number of hydrogen-bond acceptors (Lipinski definition) is 6. The number of ether oxygens (including phenoxy) is 1. The fourth-order valence-electron chi connectivity index (χ4n) is 2.85. The van der Waals surface area contributed by atoms with Gasteiger partial charge in [0.25, 0.3) is 5.91 Å². The monoisotopic (exact) mass is 477 g/mol. The number of hydrogen-bond donors (Lipinski definition) is 1. The predicted octanol–water partition coefficient (Wildman–Crippen LogP) is 3.84. The Morgan fingerprint density at radius 1 is 1.15 bits per heavy atom. The molecule has 0 spiro atoms. The van der Waals surface area contributed by atoms with Gasteiger partial charge in [-0.25, -0.2) is 13.6 Å². The Morgan fingerprint density at radius 3 is 2.52 bits per heavy atom. The first-order chi connectivity index (χ1) is 15.7. The van der Waals surface area contributed by atoms with Crippen molar-refractivity contribution >= 4 is 35.1 Å². The molecule has 0 atom stereocenters. The molecule has 2 aromatic carbocycles. The summed E-state index contributed by atoms with van der Waals surface area (Å²) in [6.45, 7) is 0.403. The van der Waals surface area contributed by atoms with Gasteiger partial charge in [0.1, 0.15) is 28.7 Å². The molecule has 2 amide bonds. The van der Waals surface area contributed by atoms with Crippen LogP contribution in [0, 0.1) is 18.6 Å². The van der Waals surface area contributed by atoms with Gasteiger partial charge in [0.05, 0.1) is 17.1 Å². The Hall–Kier alpha value is -3.79. The zero-order valence-electron chi connectivity index (χ0n) is 17.5. The molecule has 33 heavy (non-hydrogen) atoms. The molecule has 0 aliphatic carbocycles. The molecule has 0 saturated heterocycles. The molecule has 0 unspecified atom stereocenters. The minimum absolute atomic E-state index is 0.0142. The number of amides is 2. The highest BCUT2D eigenvalue weighted by molar-refractivity contribution is 6.33. The lowest BCUT2D eigenvalue weighted by molar-refractivity contribution is -0.136. The molecule has 11 heteroatoms. The summed E-state index contributed by atoms with van der Waals surface area (Å²) in [6, 6.07) is 9.07. The van der Waals surface area contributed by atoms with Crippen molar-refractivity contribution in [2.24, 2.45) is 0 Å². The fourth-order valence-corrected chi connectivity index (χ4v) is 3.11. The van der Waals surface area contributed by atoms with E-state index in [1.54, 1.807) is 0 Å². The molecular formula is C22H18ClF2N3O5. The van der Waals surface area contributed by atoms with Crippen LogP contribution in [0.3, 0.4) is 0 Å². The highest BCUT2D eigenvalue weighted by Crippen LogP contribution is 2.33. The first kappa shape index (κ1) is 23.9. The third-order valence-corrected chi connectivity index (χ3v) is 4.84. The van der Waals surface area contributed by atoms with Crippen molar-refractivity contribution in [2.45, 2.75) is 6.92 Å². The summed E-state index contributed by atoms with van der Waals surface area (Å²) in [4.78, 5) is 38.0. The van der Waals surface area contributed by atoms with Crippen molar-refractivity contribution in [1.82, 2.24) is 10.1 Å². The van der Waals surface area contributed by atoms with Crippen LogP contribution in [-0.4, -0.2) is 48.0 Å². The standard InChI is InChI=1S/C22H18ClF2N3O5/c1-12-19(21(27-33-12)20-15(23)4-3-5-16(20)25)22(31)32-11-18(30)28(2)10-17(29)26-14-8-6-13(24)7-9-14/h3-9H,10-11H2,1-2H3,(H,26,29). The van der Waals surface area contributed by atoms with Crippen molar-refractivity contribution in [3.05, 3.63) is 70.4 Å². The quantitative estimate of drug-likeness (QED) is 0.519. The molecule has 0 bridgehead atoms. The average Bonchev–Trinajstić information content (AvgIpc) is 3.14. The molecule has 3 aromatic rings. The van der Waals surface area contributed by atoms with Crippen LogP contribution in [0.2, 0.25) is 5.02 Å². The number of benzene rings is 2. The molecule has 8 nitrogen and oxygen atoms in total. The van der Waals surface area contributed by atoms with E-state index in [0.29, 0.717) is 5.69 Å². The number of nitrogens with one attached hydrogen (secondary N) is 1. The lowest BCUT2D eigenvalue weighted by Gasteiger charge is -2.17. The number of halogens is 3. The summed E-state index contributed by atoms with van der Waals surface area (Å²) < 4.78 is 37.2. The third-order valence-electron chi connectivity index (χ3n) is 4.53. The maximum absolute atomic E-state index is 14.3. The smallest absolute Gasteiger partial charge is 0.344 e. The van der Waals surface area contributed by atoms with Crippen LogP contribution in [0.1, 0.15) is 16.1 Å². The van der Waals surface area contributed by atoms with E-state index in [1.165, 1.54) is 50.4 Å². The summed E-state index contributed by atoms with van der Waals surface area (Å²) in [5, 5.41) is 6.23. The number of carbonyl (C=O) groups excluding carboxylic acids is 3. The zero-order chi connectivity index (χ0) is 24.1. The maximum atomic E-state index is 14.3. The molecule has 0 aliphatic heterocycles. The van der Waals surface area contributed by atoms with Crippen molar-refractivity contribution in [1.29, 1.82) is 0 Å². The van der Waals surface area contributed by atoms with Crippen LogP contribution < -0.4 is 5.32 Å². The highest BCUT2D eigenvalue weighted by Gasteiger charge is 2.27. The topological polar surface area (TPSA) is 102 Å². The number of esters is 1. The van der Waals surface area contributed by atoms with Crippen molar-refractivity contribution < 1.29 is 32.4 Å². The van der Waals surface area contributed by atoms with Gasteiger partial charge in [-0.1, -0.05) is 22.8 Å². The van der Waals surface area contributed by atoms with Crippen LogP contribution in [0.15, 0.2) is 47.0 Å². The number of likely N-dealkylation sites (N-methyl/N-ethyl adjacent to an activating group) is 1. The Labute approximate surface area is 192 Å². The first-order valence-corrected chi connectivity index (χ1v) is 9.92. The number of carbonyl (C=O) groups is 3. The third kappa shape index (κ3) is 5.72. The van der Waals surface area contributed by atoms with Crippen molar-refractivity contribution in [2.75, 3.05) is 25.5 Å². The average molecular weight is 478 g/mol. The van der Waals surface area contributed by atoms with E-state index < -0.39 is 36.0 Å². The fraction of sp³-hybridized carbons (Fsp3) is 0.182. The first-order valence-electron chi connectivity index (χ1n) is 9.54. The van der Waals surface area contributed by atoms with Gasteiger partial charge in [-0.15, -0.1) is 0 Å². The van der Waals surface area contributed by atoms with Crippen LogP contribution in [0.4, 0.5) is 14.5 Å². The number of rotatable bonds is 7. The normalized spacial score (nSPS) is 10.6. The second kappa shape index (κ2) is 10.2. The largest absolute Gasteiger partial charge is 0.452 e. The lowest BCUT2D eigenvalue weighted by Crippen LogP contribution is -2.37. The molecule has 1 N–H and O–H groups in total. The Bertz CT molecular complexity index is 1180. The van der Waals surface area contributed by atoms with E-state index in [2.05, 4.69) is 10.5 Å². The van der Waals surface area contributed by atoms with Gasteiger partial charge in [0.15, 0.2) is 6.61 Å². The summed E-state index contributed by atoms with van der Waals surface area (Å²) in [5.74, 6) is -3.29. The second-order valence-corrected chi connectivity index (χ2v) is 7.35. The number of aromatic nitrogens is 1. The maximum Gasteiger partial charge on any atom is 0.344 e. The van der Waals surface area contributed by atoms with E-state index in [-0.39, 0.29) is 34.1 Å². The van der Waals surface area contributed by atoms with Crippen LogP contribution in [0.25, 0.3) is 11.3 Å². The van der Waals surface area contributed by atoms with Gasteiger partial charge in [-0.3, -0.25) is 9.59 Å². The summed E-state index contributed by atoms with van der Waals surface area (Å²) in [6.07, 6.45) is 0. The summed E-state index contributed by atoms with van der Waals surface area (Å²) in [7, 11) is 1.34. The molecule has 172 valence electrons. The zero-order valence-corrected chi connectivity index (χ0v) is 18.3. The van der Waals surface area contributed by atoms with E-state index >= 15 is 0 Å². The molecule has 0 fully saturated rings. The van der Waals surface area contributed by atoms with Crippen molar-refractivity contribution in [3.8, 4) is 11.3 Å². The molecule has 0 aliphatic rings. The molecule has 1 aromatic heterocycles.